The highest BCUT2D eigenvalue weighted by molar-refractivity contribution is 7.18. The van der Waals surface area contributed by atoms with Gasteiger partial charge in [-0.25, -0.2) is 9.78 Å². The normalized spacial score (nSPS) is 12.2. The number of aromatic nitrogens is 2. The molecule has 3 rings (SSSR count). The van der Waals surface area contributed by atoms with Crippen molar-refractivity contribution in [2.75, 3.05) is 7.05 Å². The van der Waals surface area contributed by atoms with Gasteiger partial charge in [-0.1, -0.05) is 6.07 Å². The van der Waals surface area contributed by atoms with E-state index < -0.39 is 17.9 Å². The monoisotopic (exact) mass is 377 g/mol. The van der Waals surface area contributed by atoms with Crippen LogP contribution >= 0.6 is 22.7 Å². The molecule has 0 aliphatic carbocycles. The van der Waals surface area contributed by atoms with Gasteiger partial charge >= 0.3 is 5.97 Å². The fourth-order valence-electron chi connectivity index (χ4n) is 2.33. The number of rotatable bonds is 5. The molecule has 1 amide bonds. The number of carbonyl (C=O) groups is 2. The summed E-state index contributed by atoms with van der Waals surface area (Å²) in [5, 5.41) is 13.3. The molecule has 0 bridgehead atoms. The molecule has 3 aromatic rings. The largest absolute Gasteiger partial charge is 0.480 e. The third-order valence-electron chi connectivity index (χ3n) is 3.98. The molecule has 0 aliphatic heterocycles. The molecule has 1 atom stereocenters. The van der Waals surface area contributed by atoms with Crippen molar-refractivity contribution in [3.05, 3.63) is 39.6 Å². The van der Waals surface area contributed by atoms with Gasteiger partial charge in [0.2, 0.25) is 5.91 Å². The van der Waals surface area contributed by atoms with Crippen LogP contribution in [0.4, 0.5) is 0 Å². The topological polar surface area (TPSA) is 92.5 Å². The molecule has 7 nitrogen and oxygen atoms in total. The van der Waals surface area contributed by atoms with Gasteiger partial charge in [-0.2, -0.15) is 0 Å². The summed E-state index contributed by atoms with van der Waals surface area (Å²) < 4.78 is 1.22. The Labute approximate surface area is 150 Å². The van der Waals surface area contributed by atoms with Gasteiger partial charge in [0.1, 0.15) is 17.4 Å². The Morgan fingerprint density at radius 1 is 1.40 bits per heavy atom. The van der Waals surface area contributed by atoms with Crippen LogP contribution in [0.5, 0.6) is 0 Å². The summed E-state index contributed by atoms with van der Waals surface area (Å²) in [6.45, 7) is 1.16. The fourth-order valence-corrected chi connectivity index (χ4v) is 4.05. The predicted molar refractivity (Wildman–Crippen MR) is 97.1 cm³/mol. The van der Waals surface area contributed by atoms with E-state index in [1.807, 2.05) is 22.9 Å². The molecular formula is C16H15N3O4S2. The number of thiophene rings is 2. The molecular weight excluding hydrogens is 362 g/mol. The summed E-state index contributed by atoms with van der Waals surface area (Å²) in [5.74, 6) is -1.57. The van der Waals surface area contributed by atoms with E-state index >= 15 is 0 Å². The average Bonchev–Trinajstić information content (AvgIpc) is 3.24. The van der Waals surface area contributed by atoms with Crippen LogP contribution < -0.4 is 5.56 Å². The van der Waals surface area contributed by atoms with Gasteiger partial charge in [-0.3, -0.25) is 14.2 Å². The first kappa shape index (κ1) is 17.3. The molecule has 25 heavy (non-hydrogen) atoms. The lowest BCUT2D eigenvalue weighted by Gasteiger charge is -2.21. The second-order valence-corrected chi connectivity index (χ2v) is 7.31. The number of carboxylic acid groups (broad SMARTS) is 1. The minimum atomic E-state index is -1.10. The molecule has 0 spiro atoms. The number of hydrogen-bond donors (Lipinski definition) is 1. The third-order valence-corrected chi connectivity index (χ3v) is 5.77. The number of nitrogens with zero attached hydrogens (tertiary/aromatic N) is 3. The summed E-state index contributed by atoms with van der Waals surface area (Å²) in [6.07, 6.45) is 1.33. The van der Waals surface area contributed by atoms with Crippen molar-refractivity contribution in [3.63, 3.8) is 0 Å². The molecule has 9 heteroatoms. The summed E-state index contributed by atoms with van der Waals surface area (Å²) in [5.41, 5.74) is 0.501. The van der Waals surface area contributed by atoms with Gasteiger partial charge in [0, 0.05) is 22.9 Å². The van der Waals surface area contributed by atoms with E-state index in [-0.39, 0.29) is 12.1 Å². The van der Waals surface area contributed by atoms with E-state index in [0.29, 0.717) is 10.2 Å². The Morgan fingerprint density at radius 3 is 2.80 bits per heavy atom. The predicted octanol–water partition coefficient (Wildman–Crippen LogP) is 2.12. The minimum absolute atomic E-state index is 0.254. The van der Waals surface area contributed by atoms with Crippen LogP contribution in [-0.4, -0.2) is 44.5 Å². The second kappa shape index (κ2) is 6.77. The van der Waals surface area contributed by atoms with Crippen molar-refractivity contribution in [1.29, 1.82) is 0 Å². The summed E-state index contributed by atoms with van der Waals surface area (Å²) >= 11 is 2.90. The van der Waals surface area contributed by atoms with E-state index in [4.69, 9.17) is 5.11 Å². The molecule has 130 valence electrons. The first-order valence-electron chi connectivity index (χ1n) is 7.39. The van der Waals surface area contributed by atoms with Crippen LogP contribution in [0, 0.1) is 0 Å². The van der Waals surface area contributed by atoms with Crippen molar-refractivity contribution in [3.8, 4) is 10.4 Å². The van der Waals surface area contributed by atoms with E-state index in [1.54, 1.807) is 0 Å². The van der Waals surface area contributed by atoms with Crippen LogP contribution in [0.3, 0.4) is 0 Å². The van der Waals surface area contributed by atoms with E-state index in [9.17, 15) is 14.4 Å². The number of aliphatic carboxylic acids is 1. The molecule has 0 saturated heterocycles. The SMILES string of the molecule is CC(C(=O)O)N(C)C(=O)Cn1cnc2scc(-c3cccs3)c2c1=O. The van der Waals surface area contributed by atoms with Crippen LogP contribution in [0.25, 0.3) is 20.7 Å². The molecule has 0 aliphatic rings. The quantitative estimate of drug-likeness (QED) is 0.735. The lowest BCUT2D eigenvalue weighted by molar-refractivity contribution is -0.148. The van der Waals surface area contributed by atoms with Gasteiger partial charge in [0.15, 0.2) is 0 Å². The number of hydrogen-bond acceptors (Lipinski definition) is 6. The number of amides is 1. The fraction of sp³-hybridized carbons (Fsp3) is 0.250. The maximum atomic E-state index is 12.8. The van der Waals surface area contributed by atoms with Crippen LogP contribution in [-0.2, 0) is 16.1 Å². The van der Waals surface area contributed by atoms with Gasteiger partial charge in [0.05, 0.1) is 11.7 Å². The third kappa shape index (κ3) is 3.20. The maximum Gasteiger partial charge on any atom is 0.326 e. The molecule has 1 N–H and O–H groups in total. The highest BCUT2D eigenvalue weighted by atomic mass is 32.1. The standard InChI is InChI=1S/C16H15N3O4S2/c1-9(16(22)23)18(2)12(20)6-19-8-17-14-13(15(19)21)10(7-25-14)11-4-3-5-24-11/h3-5,7-9H,6H2,1-2H3,(H,22,23). The zero-order chi connectivity index (χ0) is 18.1. The zero-order valence-electron chi connectivity index (χ0n) is 13.5. The Balaban J connectivity index is 1.97. The van der Waals surface area contributed by atoms with Crippen molar-refractivity contribution in [2.45, 2.75) is 19.5 Å². The second-order valence-electron chi connectivity index (χ2n) is 5.50. The maximum absolute atomic E-state index is 12.8. The molecule has 0 fully saturated rings. The molecule has 0 aromatic carbocycles. The highest BCUT2D eigenvalue weighted by Crippen LogP contribution is 2.33. The van der Waals surface area contributed by atoms with E-state index in [0.717, 1.165) is 15.3 Å². The molecule has 0 saturated carbocycles. The van der Waals surface area contributed by atoms with Crippen molar-refractivity contribution in [2.24, 2.45) is 0 Å². The molecule has 3 aromatic heterocycles. The van der Waals surface area contributed by atoms with Gasteiger partial charge < -0.3 is 10.0 Å². The van der Waals surface area contributed by atoms with Crippen molar-refractivity contribution < 1.29 is 14.7 Å². The molecule has 3 heterocycles. The number of likely N-dealkylation sites (N-methyl/N-ethyl adjacent to an activating group) is 1. The average molecular weight is 377 g/mol. The molecule has 0 radical (unpaired) electrons. The lowest BCUT2D eigenvalue weighted by Crippen LogP contribution is -2.43. The zero-order valence-corrected chi connectivity index (χ0v) is 15.1. The summed E-state index contributed by atoms with van der Waals surface area (Å²) in [7, 11) is 1.40. The number of carboxylic acids is 1. The summed E-state index contributed by atoms with van der Waals surface area (Å²) in [6, 6.07) is 2.86. The van der Waals surface area contributed by atoms with Crippen molar-refractivity contribution in [1.82, 2.24) is 14.5 Å². The number of fused-ring (bicyclic) bond motifs is 1. The van der Waals surface area contributed by atoms with Gasteiger partial charge in [-0.05, 0) is 18.4 Å². The Morgan fingerprint density at radius 2 is 2.16 bits per heavy atom. The smallest absolute Gasteiger partial charge is 0.326 e. The first-order valence-corrected chi connectivity index (χ1v) is 9.15. The Bertz CT molecular complexity index is 991. The lowest BCUT2D eigenvalue weighted by atomic mass is 10.2. The minimum Gasteiger partial charge on any atom is -0.480 e. The van der Waals surface area contributed by atoms with Gasteiger partial charge in [0.25, 0.3) is 5.56 Å². The summed E-state index contributed by atoms with van der Waals surface area (Å²) in [4.78, 5) is 43.0. The Hall–Kier alpha value is -2.52. The number of carbonyl (C=O) groups excluding carboxylic acids is 1. The van der Waals surface area contributed by atoms with E-state index in [1.165, 1.54) is 47.5 Å². The van der Waals surface area contributed by atoms with E-state index in [2.05, 4.69) is 4.98 Å². The Kier molecular flexibility index (Phi) is 4.69. The van der Waals surface area contributed by atoms with Crippen LogP contribution in [0.2, 0.25) is 0 Å². The van der Waals surface area contributed by atoms with Gasteiger partial charge in [-0.15, -0.1) is 22.7 Å². The first-order chi connectivity index (χ1) is 11.9. The van der Waals surface area contributed by atoms with Crippen molar-refractivity contribution >= 4 is 44.8 Å². The highest BCUT2D eigenvalue weighted by Gasteiger charge is 2.23. The van der Waals surface area contributed by atoms with Crippen LogP contribution in [0.1, 0.15) is 6.92 Å². The molecule has 1 unspecified atom stereocenters. The van der Waals surface area contributed by atoms with Crippen LogP contribution in [0.15, 0.2) is 34.0 Å².